The summed E-state index contributed by atoms with van der Waals surface area (Å²) in [6.45, 7) is 11.4. The van der Waals surface area contributed by atoms with E-state index in [2.05, 4.69) is 39.6 Å². The van der Waals surface area contributed by atoms with E-state index in [0.717, 1.165) is 11.6 Å². The van der Waals surface area contributed by atoms with Gasteiger partial charge in [-0.15, -0.1) is 0 Å². The van der Waals surface area contributed by atoms with Crippen LogP contribution in [0, 0.1) is 6.92 Å². The summed E-state index contributed by atoms with van der Waals surface area (Å²) >= 11 is 0. The smallest absolute Gasteiger partial charge is 0.282 e. The zero-order valence-electron chi connectivity index (χ0n) is 32.0. The van der Waals surface area contributed by atoms with Crippen molar-refractivity contribution in [3.63, 3.8) is 0 Å². The van der Waals surface area contributed by atoms with Crippen LogP contribution in [0.1, 0.15) is 24.4 Å². The first-order valence-corrected chi connectivity index (χ1v) is 23.3. The van der Waals surface area contributed by atoms with E-state index < -0.39 is 24.1 Å². The molecule has 290 valence electrons. The van der Waals surface area contributed by atoms with Crippen molar-refractivity contribution in [3.05, 3.63) is 119 Å². The maximum absolute atomic E-state index is 14.1. The molecule has 0 radical (unpaired) electrons. The lowest BCUT2D eigenvalue weighted by molar-refractivity contribution is 0.0899. The summed E-state index contributed by atoms with van der Waals surface area (Å²) in [5.74, 6) is 1.23. The predicted molar refractivity (Wildman–Crippen MR) is 220 cm³/mol. The molecule has 56 heavy (non-hydrogen) atoms. The van der Waals surface area contributed by atoms with Crippen molar-refractivity contribution >= 4 is 46.2 Å². The number of ether oxygens (including phenoxy) is 2. The Morgan fingerprint density at radius 2 is 1.73 bits per heavy atom. The van der Waals surface area contributed by atoms with Crippen LogP contribution in [-0.2, 0) is 21.5 Å². The monoisotopic (exact) mass is 792 g/mol. The second kappa shape index (κ2) is 15.3. The van der Waals surface area contributed by atoms with Crippen LogP contribution in [0.25, 0.3) is 33.4 Å². The van der Waals surface area contributed by atoms with Crippen LogP contribution in [0.2, 0.25) is 25.7 Å². The number of phenols is 1. The lowest BCUT2D eigenvalue weighted by Gasteiger charge is -2.20. The topological polar surface area (TPSA) is 167 Å². The van der Waals surface area contributed by atoms with Crippen LogP contribution in [0.5, 0.6) is 11.5 Å². The van der Waals surface area contributed by atoms with Crippen LogP contribution in [-0.4, -0.2) is 64.0 Å². The lowest BCUT2D eigenvalue weighted by atomic mass is 10.0. The van der Waals surface area contributed by atoms with Gasteiger partial charge in [0.1, 0.15) is 41.5 Å². The summed E-state index contributed by atoms with van der Waals surface area (Å²) in [5.41, 5.74) is 3.54. The van der Waals surface area contributed by atoms with Crippen molar-refractivity contribution in [2.24, 2.45) is 0 Å². The molecule has 4 aromatic heterocycles. The largest absolute Gasteiger partial charge is 0.508 e. The molecule has 16 heteroatoms. The van der Waals surface area contributed by atoms with E-state index in [-0.39, 0.29) is 28.6 Å². The third-order valence-corrected chi connectivity index (χ3v) is 12.5. The summed E-state index contributed by atoms with van der Waals surface area (Å²) < 4.78 is 45.9. The number of aromatic hydroxyl groups is 1. The highest BCUT2D eigenvalue weighted by Crippen LogP contribution is 2.38. The van der Waals surface area contributed by atoms with Crippen LogP contribution in [0.15, 0.2) is 107 Å². The number of aromatic nitrogens is 6. The van der Waals surface area contributed by atoms with Gasteiger partial charge >= 0.3 is 0 Å². The average molecular weight is 793 g/mol. The highest BCUT2D eigenvalue weighted by molar-refractivity contribution is 7.92. The maximum Gasteiger partial charge on any atom is 0.282 e. The van der Waals surface area contributed by atoms with Gasteiger partial charge in [0.15, 0.2) is 5.82 Å². The summed E-state index contributed by atoms with van der Waals surface area (Å²) in [5, 5.41) is 20.0. The maximum atomic E-state index is 14.1. The predicted octanol–water partition coefficient (Wildman–Crippen LogP) is 7.21. The van der Waals surface area contributed by atoms with Crippen LogP contribution < -0.4 is 20.3 Å². The molecule has 0 saturated carbocycles. The van der Waals surface area contributed by atoms with Gasteiger partial charge in [-0.1, -0.05) is 37.8 Å². The molecule has 0 saturated heterocycles. The first-order valence-electron chi connectivity index (χ1n) is 18.1. The normalized spacial score (nSPS) is 12.6. The van der Waals surface area contributed by atoms with Gasteiger partial charge in [-0.2, -0.15) is 5.10 Å². The molecule has 7 rings (SSSR count). The minimum Gasteiger partial charge on any atom is -0.508 e. The molecular weight excluding hydrogens is 749 g/mol. The quantitative estimate of drug-likeness (QED) is 0.0757. The Hall–Kier alpha value is -5.97. The van der Waals surface area contributed by atoms with E-state index in [1.165, 1.54) is 31.6 Å². The Labute approximate surface area is 325 Å². The number of methoxy groups -OCH3 is 1. The first-order chi connectivity index (χ1) is 26.7. The van der Waals surface area contributed by atoms with Gasteiger partial charge in [-0.3, -0.25) is 14.1 Å². The van der Waals surface area contributed by atoms with E-state index in [0.29, 0.717) is 57.4 Å². The minimum absolute atomic E-state index is 0.0278. The van der Waals surface area contributed by atoms with E-state index in [1.54, 1.807) is 39.5 Å². The molecule has 14 nitrogen and oxygen atoms in total. The van der Waals surface area contributed by atoms with Crippen LogP contribution in [0.3, 0.4) is 0 Å². The average Bonchev–Trinajstić information content (AvgIpc) is 3.73. The second-order valence-electron chi connectivity index (χ2n) is 14.8. The lowest BCUT2D eigenvalue weighted by Crippen LogP contribution is -2.29. The fraction of sp³-hybridized carbons (Fsp3) is 0.250. The van der Waals surface area contributed by atoms with Gasteiger partial charge in [0.2, 0.25) is 0 Å². The number of sulfonamides is 1. The molecule has 0 amide bonds. The van der Waals surface area contributed by atoms with Gasteiger partial charge in [-0.25, -0.2) is 22.9 Å². The van der Waals surface area contributed by atoms with Crippen molar-refractivity contribution in [1.29, 1.82) is 0 Å². The third-order valence-electron chi connectivity index (χ3n) is 9.40. The molecule has 0 aliphatic rings. The molecular formula is C40H44N8O6SSi. The Morgan fingerprint density at radius 1 is 0.982 bits per heavy atom. The molecule has 1 unspecified atom stereocenters. The summed E-state index contributed by atoms with van der Waals surface area (Å²) in [4.78, 5) is 23.4. The highest BCUT2D eigenvalue weighted by Gasteiger charge is 2.24. The zero-order chi connectivity index (χ0) is 39.8. The number of nitrogens with one attached hydrogen (secondary N) is 2. The van der Waals surface area contributed by atoms with Crippen LogP contribution in [0.4, 0.5) is 11.5 Å². The molecule has 3 aromatic carbocycles. The molecule has 0 bridgehead atoms. The zero-order valence-corrected chi connectivity index (χ0v) is 33.8. The Morgan fingerprint density at radius 3 is 2.45 bits per heavy atom. The van der Waals surface area contributed by atoms with Gasteiger partial charge in [-0.05, 0) is 85.6 Å². The molecule has 0 aliphatic heterocycles. The molecule has 0 fully saturated rings. The second-order valence-corrected chi connectivity index (χ2v) is 22.1. The number of rotatable bonds is 14. The van der Waals surface area contributed by atoms with Gasteiger partial charge in [0.05, 0.1) is 34.8 Å². The Bertz CT molecular complexity index is 2710. The molecule has 1 atom stereocenters. The van der Waals surface area contributed by atoms with Gasteiger partial charge < -0.3 is 24.5 Å². The molecule has 3 N–H and O–H groups in total. The van der Waals surface area contributed by atoms with E-state index in [9.17, 15) is 18.3 Å². The van der Waals surface area contributed by atoms with Gasteiger partial charge in [0, 0.05) is 38.7 Å². The molecule has 0 spiro atoms. The first kappa shape index (κ1) is 38.3. The number of para-hydroxylation sites is 1. The molecule has 7 aromatic rings. The van der Waals surface area contributed by atoms with E-state index >= 15 is 0 Å². The summed E-state index contributed by atoms with van der Waals surface area (Å²) in [6, 6.07) is 22.2. The van der Waals surface area contributed by atoms with Crippen LogP contribution >= 0.6 is 0 Å². The standard InChI is InChI=1S/C40H44N8O6SSi/c1-26-16-17-47-36(26)40(50)48(30-10-8-7-9-11-30)38(44-47)27(2)43-37-35-34(23-46(39(35)42-24-41-37)25-54-18-19-56(4,5)6)28-20-29(22-31(49)21-28)45-55(51,52)33-14-12-32(53-3)13-15-33/h7-17,20-24,27,45,49H,18-19,25H2,1-6H3,(H,41,42,43). The number of aryl methyl sites for hydroxylation is 1. The molecule has 4 heterocycles. The minimum atomic E-state index is -4.03. The SMILES string of the molecule is COc1ccc(S(=O)(=O)Nc2cc(O)cc(-c3cn(COCC[Si](C)(C)C)c4ncnc(NC(C)c5nn6ccc(C)c6c(=O)n5-c5ccccc5)c34)c2)cc1. The number of fused-ring (bicyclic) bond motifs is 2. The van der Waals surface area contributed by atoms with Crippen molar-refractivity contribution in [3.8, 4) is 28.3 Å². The summed E-state index contributed by atoms with van der Waals surface area (Å²) in [7, 11) is -3.89. The number of hydrogen-bond donors (Lipinski definition) is 3. The number of hydrogen-bond acceptors (Lipinski definition) is 10. The fourth-order valence-electron chi connectivity index (χ4n) is 6.49. The van der Waals surface area contributed by atoms with E-state index in [4.69, 9.17) is 14.6 Å². The summed E-state index contributed by atoms with van der Waals surface area (Å²) in [6.07, 6.45) is 5.07. The third kappa shape index (κ3) is 7.89. The van der Waals surface area contributed by atoms with Crippen molar-refractivity contribution in [2.45, 2.75) is 57.2 Å². The number of anilines is 2. The fourth-order valence-corrected chi connectivity index (χ4v) is 8.29. The van der Waals surface area contributed by atoms with Crippen molar-refractivity contribution in [2.75, 3.05) is 23.8 Å². The van der Waals surface area contributed by atoms with E-state index in [1.807, 2.05) is 61.0 Å². The van der Waals surface area contributed by atoms with Gasteiger partial charge in [0.25, 0.3) is 15.6 Å². The number of nitrogens with zero attached hydrogens (tertiary/aromatic N) is 6. The molecule has 0 aliphatic carbocycles. The van der Waals surface area contributed by atoms with Crippen molar-refractivity contribution < 1.29 is 23.0 Å². The number of benzene rings is 3. The Balaban J connectivity index is 1.32. The number of phenolic OH excluding ortho intramolecular Hbond substituents is 1. The Kier molecular flexibility index (Phi) is 10.5. The highest BCUT2D eigenvalue weighted by atomic mass is 32.2. The van der Waals surface area contributed by atoms with Crippen molar-refractivity contribution in [1.82, 2.24) is 28.7 Å².